The van der Waals surface area contributed by atoms with Gasteiger partial charge in [-0.1, -0.05) is 52.0 Å². The third kappa shape index (κ3) is 7.70. The van der Waals surface area contributed by atoms with Gasteiger partial charge in [-0.25, -0.2) is 9.48 Å². The second-order valence-electron chi connectivity index (χ2n) is 15.0. The van der Waals surface area contributed by atoms with Crippen molar-refractivity contribution in [3.63, 3.8) is 0 Å². The van der Waals surface area contributed by atoms with Crippen LogP contribution in [0.5, 0.6) is 0 Å². The molecule has 12 heteroatoms. The Labute approximate surface area is 284 Å². The minimum atomic E-state index is -1.08. The number of carbonyl (C=O) groups excluding carboxylic acids is 2. The number of piperidine rings is 1. The van der Waals surface area contributed by atoms with Gasteiger partial charge in [0.05, 0.1) is 42.6 Å². The zero-order valence-electron chi connectivity index (χ0n) is 29.6. The number of hydrogen-bond donors (Lipinski definition) is 1. The van der Waals surface area contributed by atoms with Crippen molar-refractivity contribution in [2.45, 2.75) is 91.6 Å². The van der Waals surface area contributed by atoms with E-state index < -0.39 is 29.5 Å². The summed E-state index contributed by atoms with van der Waals surface area (Å²) >= 11 is 0. The summed E-state index contributed by atoms with van der Waals surface area (Å²) in [7, 11) is 1.69. The predicted octanol–water partition coefficient (Wildman–Crippen LogP) is 4.47. The van der Waals surface area contributed by atoms with Crippen LogP contribution in [0.2, 0.25) is 0 Å². The van der Waals surface area contributed by atoms with Crippen molar-refractivity contribution in [3.05, 3.63) is 40.7 Å². The fourth-order valence-corrected chi connectivity index (χ4v) is 7.93. The molecule has 3 aliphatic rings. The first-order valence-electron chi connectivity index (χ1n) is 17.6. The molecular weight excluding hydrogens is 612 g/mol. The summed E-state index contributed by atoms with van der Waals surface area (Å²) < 4.78 is 12.7. The van der Waals surface area contributed by atoms with E-state index in [9.17, 15) is 14.7 Å². The van der Waals surface area contributed by atoms with Gasteiger partial charge in [0.15, 0.2) is 5.69 Å². The fourth-order valence-electron chi connectivity index (χ4n) is 7.93. The zero-order chi connectivity index (χ0) is 34.6. The average Bonchev–Trinajstić information content (AvgIpc) is 3.72. The summed E-state index contributed by atoms with van der Waals surface area (Å²) in [6, 6.07) is 5.18. The molecule has 1 N–H and O–H groups in total. The first-order chi connectivity index (χ1) is 22.9. The lowest BCUT2D eigenvalue weighted by molar-refractivity contribution is -0.144. The van der Waals surface area contributed by atoms with E-state index in [1.807, 2.05) is 36.4 Å². The number of carboxylic acid groups (broad SMARTS) is 1. The summed E-state index contributed by atoms with van der Waals surface area (Å²) in [4.78, 5) is 46.8. The standard InChI is InChI=1S/C36H54N6O6/c1-24(2)22-40(30-21-26(33(43)39-16-19-48-20-17-39)23-41(35(45)46)32(30)36(3,4)5)34(44)31-29(14-7-8-18-47-6)42(38-37-31)28-15-10-12-25-11-9-13-27(25)28/h10,12,15,24,26,30,32H,7-9,11,13-14,16-23H2,1-6H3,(H,45,46)/t26-,30+,32?/m1/s1. The largest absolute Gasteiger partial charge is 0.465 e. The van der Waals surface area contributed by atoms with Gasteiger partial charge in [-0.05, 0) is 73.5 Å². The minimum absolute atomic E-state index is 0.0819. The highest BCUT2D eigenvalue weighted by Gasteiger charge is 2.50. The van der Waals surface area contributed by atoms with Gasteiger partial charge in [0, 0.05) is 39.9 Å². The number of benzene rings is 1. The van der Waals surface area contributed by atoms with Gasteiger partial charge in [-0.2, -0.15) is 0 Å². The molecule has 2 aliphatic heterocycles. The van der Waals surface area contributed by atoms with Crippen LogP contribution < -0.4 is 0 Å². The molecule has 0 bridgehead atoms. The van der Waals surface area contributed by atoms with Gasteiger partial charge in [0.25, 0.3) is 5.91 Å². The SMILES string of the molecule is COCCCCc1c(C(=O)N(CC(C)C)[C@H]2C[C@@H](C(=O)N3CCOCC3)CN(C(=O)O)C2C(C)(C)C)nnn1-c1cccc2c1CCC2. The smallest absolute Gasteiger partial charge is 0.407 e. The van der Waals surface area contributed by atoms with Gasteiger partial charge in [0.1, 0.15) is 0 Å². The van der Waals surface area contributed by atoms with Crippen LogP contribution in [0.4, 0.5) is 4.79 Å². The summed E-state index contributed by atoms with van der Waals surface area (Å²) in [6.45, 7) is 13.1. The normalized spacial score (nSPS) is 21.4. The molecule has 2 aromatic rings. The molecule has 0 spiro atoms. The Kier molecular flexibility index (Phi) is 11.5. The molecule has 0 saturated carbocycles. The number of unbranched alkanes of at least 4 members (excludes halogenated alkanes) is 1. The fraction of sp³-hybridized carbons (Fsp3) is 0.694. The number of fused-ring (bicyclic) bond motifs is 1. The maximum Gasteiger partial charge on any atom is 0.407 e. The number of methoxy groups -OCH3 is 1. The molecule has 1 aromatic carbocycles. The van der Waals surface area contributed by atoms with Crippen molar-refractivity contribution >= 4 is 17.9 Å². The van der Waals surface area contributed by atoms with E-state index in [-0.39, 0.29) is 24.3 Å². The number of likely N-dealkylation sites (tertiary alicyclic amines) is 1. The monoisotopic (exact) mass is 666 g/mol. The number of rotatable bonds is 11. The minimum Gasteiger partial charge on any atom is -0.465 e. The van der Waals surface area contributed by atoms with Crippen LogP contribution in [0.15, 0.2) is 18.2 Å². The first kappa shape index (κ1) is 35.8. The van der Waals surface area contributed by atoms with Gasteiger partial charge >= 0.3 is 6.09 Å². The van der Waals surface area contributed by atoms with E-state index in [1.54, 1.807) is 12.0 Å². The summed E-state index contributed by atoms with van der Waals surface area (Å²) in [5.41, 5.74) is 4.05. The third-order valence-electron chi connectivity index (χ3n) is 10.00. The van der Waals surface area contributed by atoms with Crippen LogP contribution >= 0.6 is 0 Å². The van der Waals surface area contributed by atoms with Gasteiger partial charge in [-0.3, -0.25) is 9.59 Å². The summed E-state index contributed by atoms with van der Waals surface area (Å²) in [6.07, 6.45) is 4.54. The van der Waals surface area contributed by atoms with Crippen molar-refractivity contribution in [2.75, 3.05) is 53.1 Å². The molecule has 3 heterocycles. The van der Waals surface area contributed by atoms with Crippen molar-refractivity contribution in [2.24, 2.45) is 17.3 Å². The number of aryl methyl sites for hydroxylation is 1. The van der Waals surface area contributed by atoms with Crippen LogP contribution in [0.1, 0.15) is 87.6 Å². The van der Waals surface area contributed by atoms with Gasteiger partial charge in [-0.15, -0.1) is 5.10 Å². The van der Waals surface area contributed by atoms with Crippen molar-refractivity contribution in [1.29, 1.82) is 0 Å². The quantitative estimate of drug-likeness (QED) is 0.348. The molecule has 264 valence electrons. The first-order valence-corrected chi connectivity index (χ1v) is 17.6. The molecule has 3 amide bonds. The highest BCUT2D eigenvalue weighted by atomic mass is 16.5. The maximum absolute atomic E-state index is 15.0. The average molecular weight is 667 g/mol. The van der Waals surface area contributed by atoms with E-state index >= 15 is 4.79 Å². The molecule has 5 rings (SSSR count). The number of nitrogens with zero attached hydrogens (tertiary/aromatic N) is 6. The van der Waals surface area contributed by atoms with E-state index in [1.165, 1.54) is 16.0 Å². The molecular formula is C36H54N6O6. The van der Waals surface area contributed by atoms with Crippen molar-refractivity contribution in [1.82, 2.24) is 29.7 Å². The molecule has 48 heavy (non-hydrogen) atoms. The second kappa shape index (κ2) is 15.4. The second-order valence-corrected chi connectivity index (χ2v) is 15.0. The molecule has 0 radical (unpaired) electrons. The molecule has 1 unspecified atom stereocenters. The van der Waals surface area contributed by atoms with E-state index in [0.29, 0.717) is 58.0 Å². The topological polar surface area (TPSA) is 130 Å². The number of carbonyl (C=O) groups is 3. The third-order valence-corrected chi connectivity index (χ3v) is 10.00. The Bertz CT molecular complexity index is 1440. The predicted molar refractivity (Wildman–Crippen MR) is 181 cm³/mol. The lowest BCUT2D eigenvalue weighted by Crippen LogP contribution is -2.66. The van der Waals surface area contributed by atoms with Crippen molar-refractivity contribution < 1.29 is 29.0 Å². The lowest BCUT2D eigenvalue weighted by atomic mass is 9.74. The van der Waals surface area contributed by atoms with E-state index in [0.717, 1.165) is 43.5 Å². The Morgan fingerprint density at radius 2 is 1.88 bits per heavy atom. The molecule has 12 nitrogen and oxygen atoms in total. The van der Waals surface area contributed by atoms with Gasteiger partial charge in [0.2, 0.25) is 5.91 Å². The van der Waals surface area contributed by atoms with E-state index in [2.05, 4.69) is 36.3 Å². The molecule has 3 atom stereocenters. The number of aromatic nitrogens is 3. The maximum atomic E-state index is 15.0. The Hall–Kier alpha value is -3.51. The summed E-state index contributed by atoms with van der Waals surface area (Å²) in [5.74, 6) is -0.850. The molecule has 2 fully saturated rings. The molecule has 1 aliphatic carbocycles. The van der Waals surface area contributed by atoms with Crippen LogP contribution in [0.25, 0.3) is 5.69 Å². The van der Waals surface area contributed by atoms with Gasteiger partial charge < -0.3 is 29.3 Å². The molecule has 2 saturated heterocycles. The van der Waals surface area contributed by atoms with E-state index in [4.69, 9.17) is 9.47 Å². The highest BCUT2D eigenvalue weighted by Crippen LogP contribution is 2.39. The highest BCUT2D eigenvalue weighted by molar-refractivity contribution is 5.94. The lowest BCUT2D eigenvalue weighted by Gasteiger charge is -2.52. The number of amides is 3. The van der Waals surface area contributed by atoms with Crippen molar-refractivity contribution in [3.8, 4) is 5.69 Å². The van der Waals surface area contributed by atoms with Crippen LogP contribution in [-0.4, -0.2) is 118 Å². The Morgan fingerprint density at radius 3 is 2.54 bits per heavy atom. The number of morpholine rings is 1. The molecule has 1 aromatic heterocycles. The number of ether oxygens (including phenoxy) is 2. The van der Waals surface area contributed by atoms with Crippen LogP contribution in [0.3, 0.4) is 0 Å². The zero-order valence-corrected chi connectivity index (χ0v) is 29.6. The van der Waals surface area contributed by atoms with Crippen LogP contribution in [-0.2, 0) is 33.5 Å². The summed E-state index contributed by atoms with van der Waals surface area (Å²) in [5, 5.41) is 19.7. The van der Waals surface area contributed by atoms with Crippen LogP contribution in [0, 0.1) is 17.3 Å². The Morgan fingerprint density at radius 1 is 1.12 bits per heavy atom. The number of hydrogen-bond acceptors (Lipinski definition) is 7. The Balaban J connectivity index is 1.58.